The Bertz CT molecular complexity index is 323. The van der Waals surface area contributed by atoms with Crippen LogP contribution in [-0.4, -0.2) is 10.7 Å². The summed E-state index contributed by atoms with van der Waals surface area (Å²) in [5.74, 6) is 0.514. The van der Waals surface area contributed by atoms with E-state index in [2.05, 4.69) is 24.3 Å². The van der Waals surface area contributed by atoms with E-state index in [0.29, 0.717) is 5.92 Å². The normalized spacial score (nSPS) is 21.1. The van der Waals surface area contributed by atoms with E-state index < -0.39 is 5.60 Å². The molecular formula is C16H24O. The highest BCUT2D eigenvalue weighted by atomic mass is 16.3. The summed E-state index contributed by atoms with van der Waals surface area (Å²) < 4.78 is 0. The Morgan fingerprint density at radius 1 is 1.12 bits per heavy atom. The molecule has 1 heteroatoms. The third-order valence-electron chi connectivity index (χ3n) is 4.25. The standard InChI is InChI=1S/C16H24O/c1-16(17,15-10-6-3-7-11-15)13-12-14-8-4-2-5-9-14/h2,4-5,8-9,15,17H,3,6-7,10-13H2,1H3/t16-/m0/s1. The van der Waals surface area contributed by atoms with Crippen molar-refractivity contribution in [1.82, 2.24) is 0 Å². The van der Waals surface area contributed by atoms with Gasteiger partial charge in [-0.1, -0.05) is 49.6 Å². The molecule has 1 atom stereocenters. The smallest absolute Gasteiger partial charge is 0.0651 e. The third kappa shape index (κ3) is 3.57. The molecule has 0 spiro atoms. The lowest BCUT2D eigenvalue weighted by molar-refractivity contribution is -0.0232. The van der Waals surface area contributed by atoms with Crippen molar-refractivity contribution in [3.05, 3.63) is 35.9 Å². The highest BCUT2D eigenvalue weighted by Gasteiger charge is 2.32. The van der Waals surface area contributed by atoms with Gasteiger partial charge in [0.2, 0.25) is 0 Å². The first kappa shape index (κ1) is 12.6. The SMILES string of the molecule is C[C@](O)(CCc1ccccc1)C1CCCCC1. The second kappa shape index (κ2) is 5.68. The maximum absolute atomic E-state index is 10.6. The minimum Gasteiger partial charge on any atom is -0.390 e. The summed E-state index contributed by atoms with van der Waals surface area (Å²) in [5, 5.41) is 10.6. The van der Waals surface area contributed by atoms with E-state index in [1.807, 2.05) is 13.0 Å². The lowest BCUT2D eigenvalue weighted by Crippen LogP contribution is -2.36. The highest BCUT2D eigenvalue weighted by molar-refractivity contribution is 5.15. The van der Waals surface area contributed by atoms with Crippen LogP contribution in [0.4, 0.5) is 0 Å². The molecule has 1 nitrogen and oxygen atoms in total. The van der Waals surface area contributed by atoms with E-state index in [0.717, 1.165) is 12.8 Å². The predicted molar refractivity (Wildman–Crippen MR) is 72.0 cm³/mol. The average molecular weight is 232 g/mol. The molecule has 17 heavy (non-hydrogen) atoms. The Morgan fingerprint density at radius 3 is 2.41 bits per heavy atom. The summed E-state index contributed by atoms with van der Waals surface area (Å²) in [4.78, 5) is 0. The fraction of sp³-hybridized carbons (Fsp3) is 0.625. The summed E-state index contributed by atoms with van der Waals surface area (Å²) in [6.45, 7) is 2.03. The zero-order chi connectivity index (χ0) is 12.1. The molecular weight excluding hydrogens is 208 g/mol. The van der Waals surface area contributed by atoms with E-state index in [1.54, 1.807) is 0 Å². The molecule has 0 radical (unpaired) electrons. The molecule has 0 amide bonds. The molecule has 2 rings (SSSR count). The number of hydrogen-bond donors (Lipinski definition) is 1. The van der Waals surface area contributed by atoms with Crippen LogP contribution in [0.1, 0.15) is 51.0 Å². The first-order valence-corrected chi connectivity index (χ1v) is 6.95. The van der Waals surface area contributed by atoms with Gasteiger partial charge in [0.1, 0.15) is 0 Å². The molecule has 1 aliphatic carbocycles. The minimum absolute atomic E-state index is 0.476. The Balaban J connectivity index is 1.88. The van der Waals surface area contributed by atoms with Gasteiger partial charge >= 0.3 is 0 Å². The maximum Gasteiger partial charge on any atom is 0.0651 e. The summed E-state index contributed by atoms with van der Waals surface area (Å²) in [5.41, 5.74) is 0.861. The monoisotopic (exact) mass is 232 g/mol. The van der Waals surface area contributed by atoms with E-state index in [4.69, 9.17) is 0 Å². The Hall–Kier alpha value is -0.820. The van der Waals surface area contributed by atoms with Crippen LogP contribution in [0, 0.1) is 5.92 Å². The molecule has 1 fully saturated rings. The molecule has 0 aliphatic heterocycles. The first-order valence-electron chi connectivity index (χ1n) is 6.95. The fourth-order valence-corrected chi connectivity index (χ4v) is 2.97. The van der Waals surface area contributed by atoms with Crippen molar-refractivity contribution < 1.29 is 5.11 Å². The molecule has 0 heterocycles. The lowest BCUT2D eigenvalue weighted by Gasteiger charge is -2.35. The van der Waals surface area contributed by atoms with Crippen molar-refractivity contribution in [1.29, 1.82) is 0 Å². The van der Waals surface area contributed by atoms with Gasteiger partial charge in [0.05, 0.1) is 5.60 Å². The molecule has 1 saturated carbocycles. The van der Waals surface area contributed by atoms with Gasteiger partial charge in [0.25, 0.3) is 0 Å². The van der Waals surface area contributed by atoms with Crippen LogP contribution in [0.3, 0.4) is 0 Å². The lowest BCUT2D eigenvalue weighted by atomic mass is 9.75. The quantitative estimate of drug-likeness (QED) is 0.833. The van der Waals surface area contributed by atoms with Gasteiger partial charge in [-0.25, -0.2) is 0 Å². The van der Waals surface area contributed by atoms with Crippen LogP contribution < -0.4 is 0 Å². The number of aryl methyl sites for hydroxylation is 1. The summed E-state index contributed by atoms with van der Waals surface area (Å²) >= 11 is 0. The van der Waals surface area contributed by atoms with Gasteiger partial charge in [-0.15, -0.1) is 0 Å². The van der Waals surface area contributed by atoms with E-state index in [-0.39, 0.29) is 0 Å². The van der Waals surface area contributed by atoms with Crippen molar-refractivity contribution in [3.8, 4) is 0 Å². The first-order chi connectivity index (χ1) is 8.18. The Labute approximate surface area is 105 Å². The average Bonchev–Trinajstić information content (AvgIpc) is 2.39. The van der Waals surface area contributed by atoms with Gasteiger partial charge < -0.3 is 5.11 Å². The van der Waals surface area contributed by atoms with Crippen molar-refractivity contribution in [2.45, 2.75) is 57.5 Å². The zero-order valence-corrected chi connectivity index (χ0v) is 10.9. The van der Waals surface area contributed by atoms with Crippen molar-refractivity contribution >= 4 is 0 Å². The molecule has 0 saturated heterocycles. The van der Waals surface area contributed by atoms with Gasteiger partial charge in [0, 0.05) is 0 Å². The van der Waals surface area contributed by atoms with Crippen LogP contribution in [-0.2, 0) is 6.42 Å². The molecule has 0 bridgehead atoms. The van der Waals surface area contributed by atoms with Crippen molar-refractivity contribution in [3.63, 3.8) is 0 Å². The fourth-order valence-electron chi connectivity index (χ4n) is 2.97. The van der Waals surface area contributed by atoms with Gasteiger partial charge in [-0.3, -0.25) is 0 Å². The van der Waals surface area contributed by atoms with Gasteiger partial charge in [-0.05, 0) is 44.1 Å². The van der Waals surface area contributed by atoms with Crippen LogP contribution in [0.5, 0.6) is 0 Å². The molecule has 94 valence electrons. The van der Waals surface area contributed by atoms with E-state index >= 15 is 0 Å². The van der Waals surface area contributed by atoms with Crippen LogP contribution >= 0.6 is 0 Å². The second-order valence-corrected chi connectivity index (χ2v) is 5.68. The molecule has 0 aromatic heterocycles. The topological polar surface area (TPSA) is 20.2 Å². The van der Waals surface area contributed by atoms with E-state index in [9.17, 15) is 5.11 Å². The second-order valence-electron chi connectivity index (χ2n) is 5.68. The third-order valence-corrected chi connectivity index (χ3v) is 4.25. The van der Waals surface area contributed by atoms with E-state index in [1.165, 1.54) is 37.7 Å². The number of hydrogen-bond acceptors (Lipinski definition) is 1. The molecule has 1 aliphatic rings. The van der Waals surface area contributed by atoms with Crippen LogP contribution in [0.25, 0.3) is 0 Å². The summed E-state index contributed by atoms with van der Waals surface area (Å²) in [7, 11) is 0. The van der Waals surface area contributed by atoms with Crippen molar-refractivity contribution in [2.75, 3.05) is 0 Å². The van der Waals surface area contributed by atoms with Crippen molar-refractivity contribution in [2.24, 2.45) is 5.92 Å². The molecule has 1 aromatic carbocycles. The predicted octanol–water partition coefficient (Wildman–Crippen LogP) is 3.95. The Morgan fingerprint density at radius 2 is 1.76 bits per heavy atom. The largest absolute Gasteiger partial charge is 0.390 e. The molecule has 0 unspecified atom stereocenters. The molecule has 1 aromatic rings. The highest BCUT2D eigenvalue weighted by Crippen LogP contribution is 2.35. The zero-order valence-electron chi connectivity index (χ0n) is 10.9. The number of benzene rings is 1. The Kier molecular flexibility index (Phi) is 4.22. The molecule has 1 N–H and O–H groups in total. The number of rotatable bonds is 4. The van der Waals surface area contributed by atoms with Gasteiger partial charge in [-0.2, -0.15) is 0 Å². The minimum atomic E-state index is -0.476. The van der Waals surface area contributed by atoms with Gasteiger partial charge in [0.15, 0.2) is 0 Å². The van der Waals surface area contributed by atoms with Crippen LogP contribution in [0.2, 0.25) is 0 Å². The maximum atomic E-state index is 10.6. The summed E-state index contributed by atoms with van der Waals surface area (Å²) in [6, 6.07) is 10.5. The number of aliphatic hydroxyl groups is 1. The van der Waals surface area contributed by atoms with Crippen LogP contribution in [0.15, 0.2) is 30.3 Å². The summed E-state index contributed by atoms with van der Waals surface area (Å²) in [6.07, 6.45) is 8.25.